The Morgan fingerprint density at radius 2 is 1.89 bits per heavy atom. The van der Waals surface area contributed by atoms with Gasteiger partial charge in [0.05, 0.1) is 19.9 Å². The van der Waals surface area contributed by atoms with Crippen molar-refractivity contribution in [1.82, 2.24) is 0 Å². The number of methoxy groups -OCH3 is 2. The van der Waals surface area contributed by atoms with Crippen LogP contribution in [0.4, 0.5) is 5.69 Å². The summed E-state index contributed by atoms with van der Waals surface area (Å²) in [6.07, 6.45) is 0. The highest BCUT2D eigenvalue weighted by molar-refractivity contribution is 5.62. The monoisotopic (exact) mass is 252 g/mol. The van der Waals surface area contributed by atoms with Crippen LogP contribution in [-0.2, 0) is 0 Å². The summed E-state index contributed by atoms with van der Waals surface area (Å²) in [6.45, 7) is 4.94. The topological polar surface area (TPSA) is 47.7 Å². The van der Waals surface area contributed by atoms with E-state index >= 15 is 0 Å². The van der Waals surface area contributed by atoms with Crippen LogP contribution in [0.1, 0.15) is 13.8 Å². The first-order valence-electron chi connectivity index (χ1n) is 6.20. The van der Waals surface area contributed by atoms with Crippen LogP contribution in [-0.4, -0.2) is 33.9 Å². The lowest BCUT2D eigenvalue weighted by Crippen LogP contribution is -2.42. The van der Waals surface area contributed by atoms with Crippen molar-refractivity contribution in [2.75, 3.05) is 32.7 Å². The van der Waals surface area contributed by atoms with E-state index in [2.05, 4.69) is 18.7 Å². The van der Waals surface area contributed by atoms with Crippen LogP contribution >= 0.6 is 0 Å². The molecule has 0 spiro atoms. The molecule has 102 valence electrons. The number of rotatable bonds is 6. The minimum atomic E-state index is 0.269. The number of nitrogens with two attached hydrogens (primary N) is 1. The molecule has 1 aromatic rings. The summed E-state index contributed by atoms with van der Waals surface area (Å²) in [4.78, 5) is 2.16. The van der Waals surface area contributed by atoms with Crippen molar-refractivity contribution in [2.45, 2.75) is 19.9 Å². The van der Waals surface area contributed by atoms with Crippen LogP contribution in [0.15, 0.2) is 18.2 Å². The lowest BCUT2D eigenvalue weighted by Gasteiger charge is -2.33. The molecule has 2 N–H and O–H groups in total. The van der Waals surface area contributed by atoms with Gasteiger partial charge in [-0.15, -0.1) is 0 Å². The number of anilines is 1. The maximum absolute atomic E-state index is 5.86. The molecule has 0 aromatic heterocycles. The summed E-state index contributed by atoms with van der Waals surface area (Å²) in [5, 5.41) is 0. The average molecular weight is 252 g/mol. The fourth-order valence-corrected chi connectivity index (χ4v) is 2.13. The summed E-state index contributed by atoms with van der Waals surface area (Å²) < 4.78 is 10.7. The average Bonchev–Trinajstić information content (AvgIpc) is 2.38. The summed E-state index contributed by atoms with van der Waals surface area (Å²) in [5.41, 5.74) is 6.86. The summed E-state index contributed by atoms with van der Waals surface area (Å²) in [6, 6.07) is 6.05. The van der Waals surface area contributed by atoms with Gasteiger partial charge in [-0.05, 0) is 18.1 Å². The predicted octanol–water partition coefficient (Wildman–Crippen LogP) is 2.12. The number of benzene rings is 1. The SMILES string of the molecule is COc1ccc(OC)c(N(C)C(CN)C(C)C)c1. The quantitative estimate of drug-likeness (QED) is 0.842. The fourth-order valence-electron chi connectivity index (χ4n) is 2.13. The van der Waals surface area contributed by atoms with Crippen LogP contribution in [0.2, 0.25) is 0 Å². The Kier molecular flexibility index (Phi) is 5.28. The standard InChI is InChI=1S/C14H24N2O2/c1-10(2)13(9-15)16(3)12-8-11(17-4)6-7-14(12)18-5/h6-8,10,13H,9,15H2,1-5H3. The number of nitrogens with zero attached hydrogens (tertiary/aromatic N) is 1. The zero-order valence-electron chi connectivity index (χ0n) is 11.9. The summed E-state index contributed by atoms with van der Waals surface area (Å²) in [5.74, 6) is 2.12. The minimum absolute atomic E-state index is 0.269. The molecule has 0 amide bonds. The molecule has 0 aliphatic heterocycles. The molecule has 0 saturated heterocycles. The molecule has 0 saturated carbocycles. The zero-order chi connectivity index (χ0) is 13.7. The Labute approximate surface area is 110 Å². The van der Waals surface area contributed by atoms with E-state index in [4.69, 9.17) is 15.2 Å². The molecule has 0 aliphatic rings. The van der Waals surface area contributed by atoms with Gasteiger partial charge in [-0.1, -0.05) is 13.8 Å². The Balaban J connectivity index is 3.12. The van der Waals surface area contributed by atoms with Crippen molar-refractivity contribution in [2.24, 2.45) is 11.7 Å². The van der Waals surface area contributed by atoms with Crippen LogP contribution in [0.25, 0.3) is 0 Å². The van der Waals surface area contributed by atoms with Crippen LogP contribution in [0.3, 0.4) is 0 Å². The van der Waals surface area contributed by atoms with E-state index in [9.17, 15) is 0 Å². The van der Waals surface area contributed by atoms with Gasteiger partial charge in [0.15, 0.2) is 0 Å². The first-order valence-corrected chi connectivity index (χ1v) is 6.20. The molecule has 1 rings (SSSR count). The van der Waals surface area contributed by atoms with Gasteiger partial charge < -0.3 is 20.1 Å². The van der Waals surface area contributed by atoms with Crippen molar-refractivity contribution < 1.29 is 9.47 Å². The molecule has 4 heteroatoms. The highest BCUT2D eigenvalue weighted by Crippen LogP contribution is 2.33. The van der Waals surface area contributed by atoms with E-state index in [0.717, 1.165) is 17.2 Å². The van der Waals surface area contributed by atoms with Crippen molar-refractivity contribution in [3.8, 4) is 11.5 Å². The van der Waals surface area contributed by atoms with E-state index in [1.807, 2.05) is 25.2 Å². The molecular weight excluding hydrogens is 228 g/mol. The van der Waals surface area contributed by atoms with E-state index < -0.39 is 0 Å². The Morgan fingerprint density at radius 3 is 2.33 bits per heavy atom. The lowest BCUT2D eigenvalue weighted by atomic mass is 10.0. The smallest absolute Gasteiger partial charge is 0.142 e. The Morgan fingerprint density at radius 1 is 1.22 bits per heavy atom. The molecule has 1 unspecified atom stereocenters. The van der Waals surface area contributed by atoms with Gasteiger partial charge in [-0.3, -0.25) is 0 Å². The third-order valence-electron chi connectivity index (χ3n) is 3.27. The number of hydrogen-bond acceptors (Lipinski definition) is 4. The maximum atomic E-state index is 5.86. The number of hydrogen-bond donors (Lipinski definition) is 1. The van der Waals surface area contributed by atoms with Crippen molar-refractivity contribution in [3.63, 3.8) is 0 Å². The van der Waals surface area contributed by atoms with Crippen LogP contribution in [0, 0.1) is 5.92 Å². The normalized spacial score (nSPS) is 12.4. The Hall–Kier alpha value is -1.42. The third kappa shape index (κ3) is 3.07. The second kappa shape index (κ2) is 6.50. The molecule has 0 heterocycles. The van der Waals surface area contributed by atoms with Gasteiger partial charge in [0.1, 0.15) is 11.5 Å². The zero-order valence-corrected chi connectivity index (χ0v) is 11.9. The fraction of sp³-hybridized carbons (Fsp3) is 0.571. The lowest BCUT2D eigenvalue weighted by molar-refractivity contribution is 0.399. The van der Waals surface area contributed by atoms with Gasteiger partial charge in [0, 0.05) is 25.7 Å². The van der Waals surface area contributed by atoms with E-state index in [1.54, 1.807) is 14.2 Å². The second-order valence-corrected chi connectivity index (χ2v) is 4.70. The molecule has 1 aromatic carbocycles. The molecule has 0 bridgehead atoms. The van der Waals surface area contributed by atoms with Gasteiger partial charge in [-0.25, -0.2) is 0 Å². The third-order valence-corrected chi connectivity index (χ3v) is 3.27. The second-order valence-electron chi connectivity index (χ2n) is 4.70. The van der Waals surface area contributed by atoms with Crippen molar-refractivity contribution >= 4 is 5.69 Å². The Bertz CT molecular complexity index is 380. The van der Waals surface area contributed by atoms with E-state index in [-0.39, 0.29) is 6.04 Å². The highest BCUT2D eigenvalue weighted by atomic mass is 16.5. The van der Waals surface area contributed by atoms with E-state index in [0.29, 0.717) is 12.5 Å². The van der Waals surface area contributed by atoms with Gasteiger partial charge in [0.2, 0.25) is 0 Å². The molecule has 0 aliphatic carbocycles. The maximum Gasteiger partial charge on any atom is 0.142 e. The summed E-state index contributed by atoms with van der Waals surface area (Å²) >= 11 is 0. The molecule has 4 nitrogen and oxygen atoms in total. The summed E-state index contributed by atoms with van der Waals surface area (Å²) in [7, 11) is 5.37. The first kappa shape index (κ1) is 14.6. The highest BCUT2D eigenvalue weighted by Gasteiger charge is 2.20. The molecule has 0 radical (unpaired) electrons. The minimum Gasteiger partial charge on any atom is -0.497 e. The van der Waals surface area contributed by atoms with Gasteiger partial charge >= 0.3 is 0 Å². The van der Waals surface area contributed by atoms with Crippen LogP contribution < -0.4 is 20.1 Å². The van der Waals surface area contributed by atoms with Crippen molar-refractivity contribution in [1.29, 1.82) is 0 Å². The number of ether oxygens (including phenoxy) is 2. The molecule has 1 atom stereocenters. The van der Waals surface area contributed by atoms with E-state index in [1.165, 1.54) is 0 Å². The van der Waals surface area contributed by atoms with Gasteiger partial charge in [0.25, 0.3) is 0 Å². The van der Waals surface area contributed by atoms with Gasteiger partial charge in [-0.2, -0.15) is 0 Å². The molecule has 0 fully saturated rings. The largest absolute Gasteiger partial charge is 0.497 e. The van der Waals surface area contributed by atoms with Crippen molar-refractivity contribution in [3.05, 3.63) is 18.2 Å². The number of likely N-dealkylation sites (N-methyl/N-ethyl adjacent to an activating group) is 1. The molecular formula is C14H24N2O2. The first-order chi connectivity index (χ1) is 8.54. The molecule has 18 heavy (non-hydrogen) atoms. The van der Waals surface area contributed by atoms with Crippen LogP contribution in [0.5, 0.6) is 11.5 Å². The predicted molar refractivity (Wildman–Crippen MR) is 75.6 cm³/mol.